The number of carbonyl (C=O) groups is 1. The van der Waals surface area contributed by atoms with Crippen molar-refractivity contribution >= 4 is 5.97 Å². The Bertz CT molecular complexity index is 377. The van der Waals surface area contributed by atoms with Crippen LogP contribution in [0.2, 0.25) is 0 Å². The summed E-state index contributed by atoms with van der Waals surface area (Å²) in [6, 6.07) is 11.0. The SMILES string of the molecule is O=C(O)CN1CCC[C@H]1CCCc1ccccc1. The highest BCUT2D eigenvalue weighted by Gasteiger charge is 2.25. The maximum absolute atomic E-state index is 10.8. The maximum atomic E-state index is 10.8. The molecule has 3 nitrogen and oxygen atoms in total. The lowest BCUT2D eigenvalue weighted by Gasteiger charge is -2.22. The van der Waals surface area contributed by atoms with Crippen molar-refractivity contribution < 1.29 is 9.90 Å². The minimum absolute atomic E-state index is 0.204. The first-order chi connectivity index (χ1) is 8.75. The van der Waals surface area contributed by atoms with Gasteiger partial charge >= 0.3 is 5.97 Å². The van der Waals surface area contributed by atoms with Gasteiger partial charge in [0.25, 0.3) is 0 Å². The van der Waals surface area contributed by atoms with E-state index in [2.05, 4.69) is 29.2 Å². The second-order valence-electron chi connectivity index (χ2n) is 5.04. The Kier molecular flexibility index (Phi) is 4.76. The largest absolute Gasteiger partial charge is 0.480 e. The molecule has 1 N–H and O–H groups in total. The molecule has 0 unspecified atom stereocenters. The minimum Gasteiger partial charge on any atom is -0.480 e. The second-order valence-corrected chi connectivity index (χ2v) is 5.04. The molecule has 1 heterocycles. The van der Waals surface area contributed by atoms with Crippen LogP contribution in [-0.2, 0) is 11.2 Å². The third kappa shape index (κ3) is 3.84. The average Bonchev–Trinajstić information content (AvgIpc) is 2.77. The molecule has 98 valence electrons. The Labute approximate surface area is 108 Å². The lowest BCUT2D eigenvalue weighted by Crippen LogP contribution is -2.34. The van der Waals surface area contributed by atoms with E-state index < -0.39 is 5.97 Å². The van der Waals surface area contributed by atoms with Crippen molar-refractivity contribution in [2.75, 3.05) is 13.1 Å². The van der Waals surface area contributed by atoms with Crippen molar-refractivity contribution in [3.05, 3.63) is 35.9 Å². The molecule has 1 aromatic carbocycles. The van der Waals surface area contributed by atoms with Gasteiger partial charge in [-0.3, -0.25) is 9.69 Å². The molecule has 0 amide bonds. The average molecular weight is 247 g/mol. The van der Waals surface area contributed by atoms with Gasteiger partial charge in [0.2, 0.25) is 0 Å². The summed E-state index contributed by atoms with van der Waals surface area (Å²) in [6.07, 6.45) is 5.65. The Hall–Kier alpha value is -1.35. The number of benzene rings is 1. The molecule has 1 saturated heterocycles. The highest BCUT2D eigenvalue weighted by molar-refractivity contribution is 5.69. The summed E-state index contributed by atoms with van der Waals surface area (Å²) in [5, 5.41) is 8.85. The smallest absolute Gasteiger partial charge is 0.317 e. The fourth-order valence-corrected chi connectivity index (χ4v) is 2.79. The zero-order valence-corrected chi connectivity index (χ0v) is 10.7. The van der Waals surface area contributed by atoms with Crippen molar-refractivity contribution in [1.82, 2.24) is 4.90 Å². The number of likely N-dealkylation sites (tertiary alicyclic amines) is 1. The summed E-state index contributed by atoms with van der Waals surface area (Å²) < 4.78 is 0. The predicted octanol–water partition coefficient (Wildman–Crippen LogP) is 2.56. The molecule has 0 saturated carbocycles. The monoisotopic (exact) mass is 247 g/mol. The molecule has 2 rings (SSSR count). The quantitative estimate of drug-likeness (QED) is 0.840. The van der Waals surface area contributed by atoms with Gasteiger partial charge in [-0.15, -0.1) is 0 Å². The number of aryl methyl sites for hydroxylation is 1. The number of nitrogens with zero attached hydrogens (tertiary/aromatic N) is 1. The summed E-state index contributed by atoms with van der Waals surface area (Å²) in [6.45, 7) is 1.15. The topological polar surface area (TPSA) is 40.5 Å². The summed E-state index contributed by atoms with van der Waals surface area (Å²) in [4.78, 5) is 12.9. The van der Waals surface area contributed by atoms with Crippen molar-refractivity contribution in [2.45, 2.75) is 38.1 Å². The number of carboxylic acids is 1. The van der Waals surface area contributed by atoms with Crippen LogP contribution in [0, 0.1) is 0 Å². The Balaban J connectivity index is 1.74. The number of hydrogen-bond donors (Lipinski definition) is 1. The van der Waals surface area contributed by atoms with Crippen LogP contribution in [0.15, 0.2) is 30.3 Å². The molecule has 3 heteroatoms. The molecule has 0 spiro atoms. The molecule has 1 aliphatic rings. The van der Waals surface area contributed by atoms with Gasteiger partial charge in [-0.2, -0.15) is 0 Å². The molecule has 0 aromatic heterocycles. The summed E-state index contributed by atoms with van der Waals surface area (Å²) in [7, 11) is 0. The van der Waals surface area contributed by atoms with Crippen LogP contribution >= 0.6 is 0 Å². The third-order valence-corrected chi connectivity index (χ3v) is 3.68. The van der Waals surface area contributed by atoms with E-state index in [0.29, 0.717) is 6.04 Å². The van der Waals surface area contributed by atoms with Gasteiger partial charge in [0.1, 0.15) is 0 Å². The third-order valence-electron chi connectivity index (χ3n) is 3.68. The summed E-state index contributed by atoms with van der Waals surface area (Å²) in [5.74, 6) is -0.704. The summed E-state index contributed by atoms with van der Waals surface area (Å²) in [5.41, 5.74) is 1.38. The zero-order chi connectivity index (χ0) is 12.8. The van der Waals surface area contributed by atoms with Crippen LogP contribution in [0.1, 0.15) is 31.2 Å². The molecule has 1 fully saturated rings. The molecule has 1 atom stereocenters. The van der Waals surface area contributed by atoms with Gasteiger partial charge in [0.15, 0.2) is 0 Å². The molecule has 1 aliphatic heterocycles. The van der Waals surface area contributed by atoms with Gasteiger partial charge < -0.3 is 5.11 Å². The minimum atomic E-state index is -0.704. The molecule has 0 bridgehead atoms. The van der Waals surface area contributed by atoms with E-state index in [4.69, 9.17) is 5.11 Å². The molecular formula is C15H21NO2. The van der Waals surface area contributed by atoms with E-state index in [-0.39, 0.29) is 6.54 Å². The van der Waals surface area contributed by atoms with Crippen LogP contribution in [0.5, 0.6) is 0 Å². The molecule has 0 aliphatic carbocycles. The fraction of sp³-hybridized carbons (Fsp3) is 0.533. The number of rotatable bonds is 6. The highest BCUT2D eigenvalue weighted by atomic mass is 16.4. The lowest BCUT2D eigenvalue weighted by atomic mass is 10.0. The van der Waals surface area contributed by atoms with E-state index in [0.717, 1.165) is 38.6 Å². The lowest BCUT2D eigenvalue weighted by molar-refractivity contribution is -0.138. The van der Waals surface area contributed by atoms with Gasteiger partial charge in [-0.05, 0) is 44.2 Å². The van der Waals surface area contributed by atoms with Gasteiger partial charge in [0, 0.05) is 6.04 Å². The number of hydrogen-bond acceptors (Lipinski definition) is 2. The molecular weight excluding hydrogens is 226 g/mol. The van der Waals surface area contributed by atoms with Crippen LogP contribution in [0.4, 0.5) is 0 Å². The number of carboxylic acid groups (broad SMARTS) is 1. The summed E-state index contributed by atoms with van der Waals surface area (Å²) >= 11 is 0. The van der Waals surface area contributed by atoms with Crippen molar-refractivity contribution in [3.63, 3.8) is 0 Å². The van der Waals surface area contributed by atoms with E-state index in [1.807, 2.05) is 6.07 Å². The first-order valence-corrected chi connectivity index (χ1v) is 6.75. The molecule has 1 aromatic rings. The van der Waals surface area contributed by atoms with Crippen LogP contribution in [0.25, 0.3) is 0 Å². The van der Waals surface area contributed by atoms with Gasteiger partial charge in [0.05, 0.1) is 6.54 Å². The molecule has 18 heavy (non-hydrogen) atoms. The number of aliphatic carboxylic acids is 1. The van der Waals surface area contributed by atoms with Crippen molar-refractivity contribution in [3.8, 4) is 0 Å². The van der Waals surface area contributed by atoms with E-state index in [1.165, 1.54) is 5.56 Å². The van der Waals surface area contributed by atoms with Crippen molar-refractivity contribution in [2.24, 2.45) is 0 Å². The van der Waals surface area contributed by atoms with Gasteiger partial charge in [-0.25, -0.2) is 0 Å². The van der Waals surface area contributed by atoms with Crippen LogP contribution in [0.3, 0.4) is 0 Å². The first kappa shape index (κ1) is 13.1. The predicted molar refractivity (Wildman–Crippen MR) is 71.6 cm³/mol. The second kappa shape index (κ2) is 6.55. The van der Waals surface area contributed by atoms with E-state index in [1.54, 1.807) is 0 Å². The Morgan fingerprint density at radius 1 is 1.33 bits per heavy atom. The van der Waals surface area contributed by atoms with Crippen LogP contribution < -0.4 is 0 Å². The normalized spacial score (nSPS) is 20.1. The van der Waals surface area contributed by atoms with E-state index in [9.17, 15) is 4.79 Å². The van der Waals surface area contributed by atoms with Crippen LogP contribution in [-0.4, -0.2) is 35.1 Å². The Morgan fingerprint density at radius 3 is 2.83 bits per heavy atom. The van der Waals surface area contributed by atoms with Crippen molar-refractivity contribution in [1.29, 1.82) is 0 Å². The highest BCUT2D eigenvalue weighted by Crippen LogP contribution is 2.21. The van der Waals surface area contributed by atoms with E-state index >= 15 is 0 Å². The first-order valence-electron chi connectivity index (χ1n) is 6.75. The molecule has 0 radical (unpaired) electrons. The zero-order valence-electron chi connectivity index (χ0n) is 10.7. The standard InChI is InChI=1S/C15H21NO2/c17-15(18)12-16-11-5-10-14(16)9-4-8-13-6-2-1-3-7-13/h1-3,6-7,14H,4-5,8-12H2,(H,17,18)/t14-/m1/s1. The van der Waals surface area contributed by atoms with Gasteiger partial charge in [-0.1, -0.05) is 30.3 Å². The maximum Gasteiger partial charge on any atom is 0.317 e. The fourth-order valence-electron chi connectivity index (χ4n) is 2.79. The Morgan fingerprint density at radius 2 is 2.11 bits per heavy atom.